The lowest BCUT2D eigenvalue weighted by molar-refractivity contribution is -0.131. The van der Waals surface area contributed by atoms with Crippen LogP contribution in [0.4, 0.5) is 5.69 Å². The van der Waals surface area contributed by atoms with Gasteiger partial charge in [-0.2, -0.15) is 0 Å². The van der Waals surface area contributed by atoms with Crippen LogP contribution in [0, 0.1) is 0 Å². The van der Waals surface area contributed by atoms with Gasteiger partial charge in [0.05, 0.1) is 0 Å². The normalized spacial score (nSPS) is 14.8. The number of amides is 1. The molecule has 2 aromatic rings. The predicted octanol–water partition coefficient (Wildman–Crippen LogP) is 4.40. The Hall–Kier alpha value is -2.29. The monoisotopic (exact) mass is 350 g/mol. The Kier molecular flexibility index (Phi) is 5.36. The van der Waals surface area contributed by atoms with Crippen LogP contribution in [-0.4, -0.2) is 30.9 Å². The molecule has 3 rings (SSSR count). The minimum atomic E-state index is 0.166. The lowest BCUT2D eigenvalue weighted by atomic mass is 9.86. The van der Waals surface area contributed by atoms with E-state index >= 15 is 0 Å². The number of fused-ring (bicyclic) bond motifs is 1. The quantitative estimate of drug-likeness (QED) is 0.819. The Morgan fingerprint density at radius 1 is 1.00 bits per heavy atom. The Bertz CT molecular complexity index is 759. The molecule has 3 heteroatoms. The summed E-state index contributed by atoms with van der Waals surface area (Å²) >= 11 is 0. The summed E-state index contributed by atoms with van der Waals surface area (Å²) in [6, 6.07) is 17.1. The van der Waals surface area contributed by atoms with E-state index in [9.17, 15) is 4.79 Å². The van der Waals surface area contributed by atoms with Crippen molar-refractivity contribution in [2.75, 3.05) is 25.0 Å². The van der Waals surface area contributed by atoms with Crippen molar-refractivity contribution in [1.29, 1.82) is 0 Å². The number of likely N-dealkylation sites (N-methyl/N-ethyl adjacent to an activating group) is 1. The van der Waals surface area contributed by atoms with Crippen LogP contribution in [0.15, 0.2) is 48.5 Å². The molecule has 0 radical (unpaired) electrons. The number of rotatable bonds is 3. The zero-order valence-electron chi connectivity index (χ0n) is 16.5. The number of hydrogen-bond acceptors (Lipinski definition) is 2. The minimum absolute atomic E-state index is 0.166. The first-order valence-electron chi connectivity index (χ1n) is 9.51. The molecule has 0 bridgehead atoms. The second kappa shape index (κ2) is 7.53. The van der Waals surface area contributed by atoms with Gasteiger partial charge in [0, 0.05) is 38.8 Å². The zero-order chi connectivity index (χ0) is 18.7. The molecule has 0 aliphatic carbocycles. The lowest BCUT2D eigenvalue weighted by Gasteiger charge is -2.21. The molecule has 138 valence electrons. The summed E-state index contributed by atoms with van der Waals surface area (Å²) in [7, 11) is 2.10. The average Bonchev–Trinajstić information content (AvgIpc) is 2.79. The van der Waals surface area contributed by atoms with Crippen LogP contribution in [0.5, 0.6) is 0 Å². The van der Waals surface area contributed by atoms with Gasteiger partial charge in [-0.25, -0.2) is 0 Å². The highest BCUT2D eigenvalue weighted by atomic mass is 16.2. The second-order valence-electron chi connectivity index (χ2n) is 8.31. The van der Waals surface area contributed by atoms with Gasteiger partial charge in [-0.1, -0.05) is 63.2 Å². The number of aryl methyl sites for hydroxylation is 1. The Balaban J connectivity index is 1.62. The van der Waals surface area contributed by atoms with E-state index in [1.165, 1.54) is 22.4 Å². The number of nitrogens with zero attached hydrogens (tertiary/aromatic N) is 2. The third-order valence-corrected chi connectivity index (χ3v) is 5.27. The van der Waals surface area contributed by atoms with Crippen LogP contribution in [-0.2, 0) is 23.2 Å². The topological polar surface area (TPSA) is 23.6 Å². The third kappa shape index (κ3) is 4.27. The van der Waals surface area contributed by atoms with Crippen LogP contribution in [0.3, 0.4) is 0 Å². The molecule has 0 aromatic heterocycles. The van der Waals surface area contributed by atoms with Crippen molar-refractivity contribution < 1.29 is 4.79 Å². The fourth-order valence-electron chi connectivity index (χ4n) is 3.49. The fraction of sp³-hybridized carbons (Fsp3) is 0.435. The van der Waals surface area contributed by atoms with E-state index in [1.54, 1.807) is 0 Å². The van der Waals surface area contributed by atoms with Crippen LogP contribution < -0.4 is 4.90 Å². The molecule has 0 spiro atoms. The number of carbonyl (C=O) groups excluding carboxylic acids is 1. The van der Waals surface area contributed by atoms with E-state index in [0.29, 0.717) is 13.0 Å². The number of carbonyl (C=O) groups is 1. The first-order valence-corrected chi connectivity index (χ1v) is 9.51. The van der Waals surface area contributed by atoms with Gasteiger partial charge in [-0.05, 0) is 34.6 Å². The molecule has 3 nitrogen and oxygen atoms in total. The SMILES string of the molecule is CN1CCN(C(=O)CCc2ccc(C(C)(C)C)cc2)Cc2ccccc21. The highest BCUT2D eigenvalue weighted by Gasteiger charge is 2.21. The summed E-state index contributed by atoms with van der Waals surface area (Å²) in [6.45, 7) is 9.04. The summed E-state index contributed by atoms with van der Waals surface area (Å²) in [4.78, 5) is 17.0. The summed E-state index contributed by atoms with van der Waals surface area (Å²) in [5.74, 6) is 0.245. The van der Waals surface area contributed by atoms with E-state index in [0.717, 1.165) is 19.5 Å². The van der Waals surface area contributed by atoms with Crippen LogP contribution >= 0.6 is 0 Å². The summed E-state index contributed by atoms with van der Waals surface area (Å²) in [5, 5.41) is 0. The Labute approximate surface area is 157 Å². The number of para-hydroxylation sites is 1. The zero-order valence-corrected chi connectivity index (χ0v) is 16.5. The molecule has 0 saturated heterocycles. The maximum Gasteiger partial charge on any atom is 0.223 e. The molecule has 0 saturated carbocycles. The molecule has 1 amide bonds. The molecule has 0 fully saturated rings. The van der Waals surface area contributed by atoms with Gasteiger partial charge >= 0.3 is 0 Å². The van der Waals surface area contributed by atoms with Gasteiger partial charge in [-0.15, -0.1) is 0 Å². The van der Waals surface area contributed by atoms with E-state index < -0.39 is 0 Å². The van der Waals surface area contributed by atoms with Crippen LogP contribution in [0.25, 0.3) is 0 Å². The standard InChI is InChI=1S/C23H30N2O/c1-23(2,3)20-12-9-18(10-13-20)11-14-22(26)25-16-15-24(4)21-8-6-5-7-19(21)17-25/h5-10,12-13H,11,14-17H2,1-4H3. The Morgan fingerprint density at radius 3 is 2.38 bits per heavy atom. The van der Waals surface area contributed by atoms with Crippen molar-refractivity contribution in [3.8, 4) is 0 Å². The summed E-state index contributed by atoms with van der Waals surface area (Å²) < 4.78 is 0. The van der Waals surface area contributed by atoms with Crippen molar-refractivity contribution in [2.24, 2.45) is 0 Å². The lowest BCUT2D eigenvalue weighted by Crippen LogP contribution is -2.34. The third-order valence-electron chi connectivity index (χ3n) is 5.27. The van der Waals surface area contributed by atoms with Crippen LogP contribution in [0.1, 0.15) is 43.9 Å². The molecule has 0 unspecified atom stereocenters. The number of hydrogen-bond donors (Lipinski definition) is 0. The highest BCUT2D eigenvalue weighted by Crippen LogP contribution is 2.25. The molecule has 2 aromatic carbocycles. The van der Waals surface area contributed by atoms with Crippen molar-refractivity contribution in [1.82, 2.24) is 4.90 Å². The molecule has 1 heterocycles. The largest absolute Gasteiger partial charge is 0.373 e. The van der Waals surface area contributed by atoms with Gasteiger partial charge in [0.1, 0.15) is 0 Å². The van der Waals surface area contributed by atoms with Crippen molar-refractivity contribution >= 4 is 11.6 Å². The number of anilines is 1. The molecular formula is C23H30N2O. The first-order chi connectivity index (χ1) is 12.3. The fourth-order valence-corrected chi connectivity index (χ4v) is 3.49. The van der Waals surface area contributed by atoms with Gasteiger partial charge in [0.25, 0.3) is 0 Å². The molecule has 1 aliphatic rings. The average molecular weight is 351 g/mol. The van der Waals surface area contributed by atoms with Crippen molar-refractivity contribution in [3.63, 3.8) is 0 Å². The van der Waals surface area contributed by atoms with E-state index in [-0.39, 0.29) is 11.3 Å². The Morgan fingerprint density at radius 2 is 1.69 bits per heavy atom. The summed E-state index contributed by atoms with van der Waals surface area (Å²) in [6.07, 6.45) is 1.37. The maximum absolute atomic E-state index is 12.8. The highest BCUT2D eigenvalue weighted by molar-refractivity contribution is 5.77. The van der Waals surface area contributed by atoms with E-state index in [4.69, 9.17) is 0 Å². The van der Waals surface area contributed by atoms with Gasteiger partial charge in [0.15, 0.2) is 0 Å². The van der Waals surface area contributed by atoms with Crippen LogP contribution in [0.2, 0.25) is 0 Å². The van der Waals surface area contributed by atoms with Crippen molar-refractivity contribution in [3.05, 3.63) is 65.2 Å². The molecule has 1 aliphatic heterocycles. The molecule has 0 N–H and O–H groups in total. The first kappa shape index (κ1) is 18.5. The van der Waals surface area contributed by atoms with Crippen molar-refractivity contribution in [2.45, 2.75) is 45.6 Å². The second-order valence-corrected chi connectivity index (χ2v) is 8.31. The van der Waals surface area contributed by atoms with E-state index in [1.807, 2.05) is 4.90 Å². The maximum atomic E-state index is 12.8. The predicted molar refractivity (Wildman–Crippen MR) is 109 cm³/mol. The molecular weight excluding hydrogens is 320 g/mol. The van der Waals surface area contributed by atoms with Gasteiger partial charge in [-0.3, -0.25) is 4.79 Å². The van der Waals surface area contributed by atoms with Gasteiger partial charge < -0.3 is 9.80 Å². The summed E-state index contributed by atoms with van der Waals surface area (Å²) in [5.41, 5.74) is 5.20. The van der Waals surface area contributed by atoms with Gasteiger partial charge in [0.2, 0.25) is 5.91 Å². The van der Waals surface area contributed by atoms with E-state index in [2.05, 4.69) is 81.2 Å². The molecule has 26 heavy (non-hydrogen) atoms. The smallest absolute Gasteiger partial charge is 0.223 e. The molecule has 0 atom stereocenters. The number of benzene rings is 2. The minimum Gasteiger partial charge on any atom is -0.373 e.